The van der Waals surface area contributed by atoms with E-state index < -0.39 is 5.60 Å². The van der Waals surface area contributed by atoms with Crippen molar-refractivity contribution in [2.24, 2.45) is 0 Å². The molecule has 0 saturated heterocycles. The molecule has 4 nitrogen and oxygen atoms in total. The Labute approximate surface area is 306 Å². The van der Waals surface area contributed by atoms with Gasteiger partial charge in [0.1, 0.15) is 17.1 Å². The number of ether oxygens (including phenoxy) is 3. The fraction of sp³-hybridized carbons (Fsp3) is 0.581. The molecule has 0 bridgehead atoms. The summed E-state index contributed by atoms with van der Waals surface area (Å²) >= 11 is 0. The third-order valence-electron chi connectivity index (χ3n) is 9.33. The van der Waals surface area contributed by atoms with Crippen molar-refractivity contribution in [3.05, 3.63) is 95.6 Å². The summed E-state index contributed by atoms with van der Waals surface area (Å²) in [5.41, 5.74) is 2.57. The van der Waals surface area contributed by atoms with Gasteiger partial charge in [0.25, 0.3) is 0 Å². The number of aliphatic hydroxyl groups excluding tert-OH is 1. The second-order valence-corrected chi connectivity index (χ2v) is 15.8. The van der Waals surface area contributed by atoms with E-state index in [9.17, 15) is 0 Å². The first-order valence-electron chi connectivity index (χ1n) is 19.1. The van der Waals surface area contributed by atoms with Crippen LogP contribution in [0.2, 0.25) is 0 Å². The molecule has 0 heterocycles. The second kappa shape index (κ2) is 26.7. The maximum Gasteiger partial charge on any atom is 0.143 e. The summed E-state index contributed by atoms with van der Waals surface area (Å²) in [6.07, 6.45) is 23.3. The van der Waals surface area contributed by atoms with Gasteiger partial charge in [0.15, 0.2) is 0 Å². The van der Waals surface area contributed by atoms with Crippen molar-refractivity contribution in [3.63, 3.8) is 0 Å². The number of benzene rings is 3. The van der Waals surface area contributed by atoms with E-state index in [4.69, 9.17) is 19.3 Å². The van der Waals surface area contributed by atoms with Crippen LogP contribution in [0.15, 0.2) is 78.9 Å². The predicted octanol–water partition coefficient (Wildman–Crippen LogP) is 12.4. The molecule has 0 amide bonds. The number of rotatable bonds is 30. The summed E-state index contributed by atoms with van der Waals surface area (Å²) in [4.78, 5) is 0. The lowest BCUT2D eigenvalue weighted by Crippen LogP contribution is -2.33. The zero-order valence-corrected chi connectivity index (χ0v) is 32.2. The Morgan fingerprint density at radius 2 is 0.816 bits per heavy atom. The summed E-state index contributed by atoms with van der Waals surface area (Å²) in [6, 6.07) is 27.2. The number of unbranched alkanes of at least 4 members (excludes halogenated alkanes) is 16. The smallest absolute Gasteiger partial charge is 0.143 e. The Kier molecular flexibility index (Phi) is 22.5. The van der Waals surface area contributed by atoms with Gasteiger partial charge in [-0.1, -0.05) is 166 Å². The zero-order valence-electron chi connectivity index (χ0n) is 30.6. The predicted molar refractivity (Wildman–Crippen MR) is 213 cm³/mol. The van der Waals surface area contributed by atoms with Crippen LogP contribution in [0.1, 0.15) is 132 Å². The van der Waals surface area contributed by atoms with E-state index in [0.717, 1.165) is 41.0 Å². The van der Waals surface area contributed by atoms with Crippen LogP contribution >= 0.6 is 21.6 Å². The molecule has 0 unspecified atom stereocenters. The van der Waals surface area contributed by atoms with Gasteiger partial charge in [0.2, 0.25) is 0 Å². The lowest BCUT2D eigenvalue weighted by molar-refractivity contribution is 0.0106. The van der Waals surface area contributed by atoms with Crippen molar-refractivity contribution in [2.75, 3.05) is 38.9 Å². The number of aliphatic hydroxyl groups is 1. The summed E-state index contributed by atoms with van der Waals surface area (Å²) < 4.78 is 17.9. The van der Waals surface area contributed by atoms with Gasteiger partial charge in [0.05, 0.1) is 14.2 Å². The van der Waals surface area contributed by atoms with Gasteiger partial charge in [-0.15, -0.1) is 0 Å². The first kappa shape index (κ1) is 41.3. The SMILES string of the molecule is COc1ccc(C(OCCCCCCCCCCCSSCCCCCCCCCCCO)(c2ccccc2)c2ccc(OC)cc2)cc1. The summed E-state index contributed by atoms with van der Waals surface area (Å²) in [7, 11) is 7.58. The molecule has 3 aromatic rings. The Balaban J connectivity index is 1.28. The first-order valence-corrected chi connectivity index (χ1v) is 21.6. The van der Waals surface area contributed by atoms with Gasteiger partial charge in [-0.05, 0) is 66.6 Å². The van der Waals surface area contributed by atoms with Crippen LogP contribution in [0.5, 0.6) is 11.5 Å². The molecule has 272 valence electrons. The van der Waals surface area contributed by atoms with Gasteiger partial charge in [-0.3, -0.25) is 0 Å². The molecule has 0 spiro atoms. The van der Waals surface area contributed by atoms with Crippen molar-refractivity contribution in [2.45, 2.75) is 121 Å². The minimum absolute atomic E-state index is 0.354. The van der Waals surface area contributed by atoms with Crippen LogP contribution in [0.3, 0.4) is 0 Å². The fourth-order valence-corrected chi connectivity index (χ4v) is 8.72. The van der Waals surface area contributed by atoms with Crippen molar-refractivity contribution >= 4 is 21.6 Å². The number of methoxy groups -OCH3 is 2. The summed E-state index contributed by atoms with van der Waals surface area (Å²) in [5.74, 6) is 4.28. The Hall–Kier alpha value is -2.12. The molecule has 0 aliphatic rings. The standard InChI is InChI=1S/C43H64O4S2/c1-45-41-30-26-39(27-31-41)43(38-24-18-17-19-25-38,40-28-32-42(46-2)33-29-40)47-35-21-14-10-6-4-8-12-16-23-37-49-48-36-22-15-11-7-3-5-9-13-20-34-44/h17-19,24-33,44H,3-16,20-23,34-37H2,1-2H3. The van der Waals surface area contributed by atoms with Crippen LogP contribution in [0.4, 0.5) is 0 Å². The van der Waals surface area contributed by atoms with E-state index in [-0.39, 0.29) is 0 Å². The Morgan fingerprint density at radius 3 is 1.22 bits per heavy atom. The summed E-state index contributed by atoms with van der Waals surface area (Å²) in [6.45, 7) is 1.04. The van der Waals surface area contributed by atoms with Gasteiger partial charge in [-0.2, -0.15) is 0 Å². The highest BCUT2D eigenvalue weighted by molar-refractivity contribution is 8.76. The van der Waals surface area contributed by atoms with Crippen molar-refractivity contribution in [3.8, 4) is 11.5 Å². The van der Waals surface area contributed by atoms with Crippen LogP contribution in [-0.2, 0) is 10.3 Å². The highest BCUT2D eigenvalue weighted by Crippen LogP contribution is 2.42. The normalized spacial score (nSPS) is 11.6. The van der Waals surface area contributed by atoms with E-state index >= 15 is 0 Å². The van der Waals surface area contributed by atoms with E-state index in [1.165, 1.54) is 114 Å². The molecule has 3 aromatic carbocycles. The number of hydrogen-bond donors (Lipinski definition) is 1. The molecule has 0 atom stereocenters. The first-order chi connectivity index (χ1) is 24.2. The summed E-state index contributed by atoms with van der Waals surface area (Å²) in [5, 5.41) is 8.83. The molecule has 6 heteroatoms. The molecule has 0 aromatic heterocycles. The third-order valence-corrected chi connectivity index (χ3v) is 11.9. The lowest BCUT2D eigenvalue weighted by Gasteiger charge is -2.36. The molecule has 3 rings (SSSR count). The van der Waals surface area contributed by atoms with Gasteiger partial charge >= 0.3 is 0 Å². The average molecular weight is 709 g/mol. The maximum absolute atomic E-state index is 8.83. The highest BCUT2D eigenvalue weighted by Gasteiger charge is 2.37. The van der Waals surface area contributed by atoms with Gasteiger partial charge in [0, 0.05) is 24.7 Å². The third kappa shape index (κ3) is 15.8. The number of hydrogen-bond acceptors (Lipinski definition) is 6. The Morgan fingerprint density at radius 1 is 0.449 bits per heavy atom. The van der Waals surface area contributed by atoms with Crippen molar-refractivity contribution < 1.29 is 19.3 Å². The van der Waals surface area contributed by atoms with Crippen LogP contribution in [0, 0.1) is 0 Å². The second-order valence-electron chi connectivity index (χ2n) is 13.1. The molecular formula is C43H64O4S2. The van der Waals surface area contributed by atoms with Crippen molar-refractivity contribution in [1.82, 2.24) is 0 Å². The molecule has 0 aliphatic carbocycles. The topological polar surface area (TPSA) is 47.9 Å². The quantitative estimate of drug-likeness (QED) is 0.0423. The molecule has 0 saturated carbocycles. The Bertz CT molecular complexity index is 1140. The molecule has 0 radical (unpaired) electrons. The van der Waals surface area contributed by atoms with Gasteiger partial charge in [-0.25, -0.2) is 0 Å². The monoisotopic (exact) mass is 708 g/mol. The van der Waals surface area contributed by atoms with Crippen LogP contribution < -0.4 is 9.47 Å². The molecule has 49 heavy (non-hydrogen) atoms. The molecule has 0 fully saturated rings. The fourth-order valence-electron chi connectivity index (χ4n) is 6.43. The molecule has 0 aliphatic heterocycles. The van der Waals surface area contributed by atoms with Crippen LogP contribution in [0.25, 0.3) is 0 Å². The minimum atomic E-state index is -0.724. The van der Waals surface area contributed by atoms with E-state index in [1.807, 2.05) is 24.3 Å². The lowest BCUT2D eigenvalue weighted by atomic mass is 9.80. The molecular weight excluding hydrogens is 645 g/mol. The molecule has 1 N–H and O–H groups in total. The van der Waals surface area contributed by atoms with Crippen molar-refractivity contribution in [1.29, 1.82) is 0 Å². The highest BCUT2D eigenvalue weighted by atomic mass is 33.1. The van der Waals surface area contributed by atoms with Gasteiger partial charge < -0.3 is 19.3 Å². The van der Waals surface area contributed by atoms with E-state index in [0.29, 0.717) is 13.2 Å². The maximum atomic E-state index is 8.83. The zero-order chi connectivity index (χ0) is 34.7. The largest absolute Gasteiger partial charge is 0.497 e. The van der Waals surface area contributed by atoms with E-state index in [2.05, 4.69) is 76.2 Å². The minimum Gasteiger partial charge on any atom is -0.497 e. The van der Waals surface area contributed by atoms with Crippen LogP contribution in [-0.4, -0.2) is 44.0 Å². The average Bonchev–Trinajstić information content (AvgIpc) is 3.15. The van der Waals surface area contributed by atoms with E-state index in [1.54, 1.807) is 14.2 Å².